The molecule has 2 unspecified atom stereocenters. The lowest BCUT2D eigenvalue weighted by atomic mass is 9.97. The van der Waals surface area contributed by atoms with E-state index in [9.17, 15) is 0 Å². The predicted molar refractivity (Wildman–Crippen MR) is 74.3 cm³/mol. The molecule has 2 atom stereocenters. The van der Waals surface area contributed by atoms with E-state index in [0.29, 0.717) is 17.5 Å². The summed E-state index contributed by atoms with van der Waals surface area (Å²) in [7, 11) is 0. The minimum absolute atomic E-state index is 0.559. The molecule has 0 spiro atoms. The molecule has 1 aromatic carbocycles. The van der Waals surface area contributed by atoms with Crippen LogP contribution in [0.15, 0.2) is 24.3 Å². The third-order valence-electron chi connectivity index (χ3n) is 4.41. The number of nitrogens with one attached hydrogen (secondary N) is 1. The maximum absolute atomic E-state index is 3.76. The average Bonchev–Trinajstić information content (AvgIpc) is 3.01. The van der Waals surface area contributed by atoms with Gasteiger partial charge in [-0.25, -0.2) is 0 Å². The lowest BCUT2D eigenvalue weighted by Crippen LogP contribution is -2.40. The van der Waals surface area contributed by atoms with E-state index in [1.807, 2.05) is 0 Å². The van der Waals surface area contributed by atoms with E-state index in [0.717, 1.165) is 6.42 Å². The van der Waals surface area contributed by atoms with Gasteiger partial charge in [-0.3, -0.25) is 0 Å². The molecule has 0 saturated heterocycles. The van der Waals surface area contributed by atoms with Crippen LogP contribution in [0.5, 0.6) is 0 Å². The smallest absolute Gasteiger partial charge is 0.00951 e. The zero-order valence-electron chi connectivity index (χ0n) is 11.6. The molecule has 1 aliphatic carbocycles. The van der Waals surface area contributed by atoms with Crippen LogP contribution in [0.25, 0.3) is 0 Å². The summed E-state index contributed by atoms with van der Waals surface area (Å²) in [5.74, 6) is 0. The number of benzene rings is 1. The Morgan fingerprint density at radius 1 is 1.24 bits per heavy atom. The quantitative estimate of drug-likeness (QED) is 0.814. The molecular formula is C16H25N. The minimum Gasteiger partial charge on any atom is -0.311 e. The Labute approximate surface area is 106 Å². The third-order valence-corrected chi connectivity index (χ3v) is 4.41. The van der Waals surface area contributed by atoms with Crippen LogP contribution >= 0.6 is 0 Å². The molecule has 1 heteroatoms. The summed E-state index contributed by atoms with van der Waals surface area (Å²) < 4.78 is 0. The van der Waals surface area contributed by atoms with E-state index in [-0.39, 0.29) is 0 Å². The Morgan fingerprint density at radius 3 is 2.47 bits per heavy atom. The molecule has 1 aliphatic rings. The van der Waals surface area contributed by atoms with Gasteiger partial charge in [-0.1, -0.05) is 31.2 Å². The lowest BCUT2D eigenvalue weighted by molar-refractivity contribution is 0.345. The van der Waals surface area contributed by atoms with Crippen molar-refractivity contribution in [3.63, 3.8) is 0 Å². The van der Waals surface area contributed by atoms with Gasteiger partial charge in [0, 0.05) is 12.1 Å². The normalized spacial score (nSPS) is 20.9. The lowest BCUT2D eigenvalue weighted by Gasteiger charge is -2.25. The molecular weight excluding hydrogens is 206 g/mol. The second-order valence-electron chi connectivity index (χ2n) is 6.07. The summed E-state index contributed by atoms with van der Waals surface area (Å²) in [5.41, 5.74) is 3.45. The first-order valence-corrected chi connectivity index (χ1v) is 6.82. The number of aryl methyl sites for hydroxylation is 1. The van der Waals surface area contributed by atoms with Crippen LogP contribution in [0.3, 0.4) is 0 Å². The summed E-state index contributed by atoms with van der Waals surface area (Å²) in [6, 6.07) is 9.90. The van der Waals surface area contributed by atoms with Crippen molar-refractivity contribution in [3.05, 3.63) is 35.4 Å². The van der Waals surface area contributed by atoms with Gasteiger partial charge >= 0.3 is 0 Å². The van der Waals surface area contributed by atoms with E-state index >= 15 is 0 Å². The van der Waals surface area contributed by atoms with Crippen LogP contribution in [0.4, 0.5) is 0 Å². The van der Waals surface area contributed by atoms with Crippen LogP contribution in [-0.2, 0) is 6.42 Å². The van der Waals surface area contributed by atoms with E-state index in [1.165, 1.54) is 24.0 Å². The highest BCUT2D eigenvalue weighted by molar-refractivity contribution is 5.26. The highest BCUT2D eigenvalue weighted by Crippen LogP contribution is 2.48. The molecule has 2 rings (SSSR count). The molecule has 94 valence electrons. The minimum atomic E-state index is 0.559. The van der Waals surface area contributed by atoms with Crippen LogP contribution < -0.4 is 5.32 Å². The number of rotatable bonds is 5. The Kier molecular flexibility index (Phi) is 3.58. The van der Waals surface area contributed by atoms with Gasteiger partial charge in [-0.2, -0.15) is 0 Å². The topological polar surface area (TPSA) is 12.0 Å². The first-order valence-electron chi connectivity index (χ1n) is 6.82. The molecule has 17 heavy (non-hydrogen) atoms. The highest BCUT2D eigenvalue weighted by Gasteiger charge is 2.42. The first-order chi connectivity index (χ1) is 8.01. The molecule has 1 saturated carbocycles. The molecule has 1 fully saturated rings. The van der Waals surface area contributed by atoms with Gasteiger partial charge in [0.15, 0.2) is 0 Å². The Morgan fingerprint density at radius 2 is 1.88 bits per heavy atom. The van der Waals surface area contributed by atoms with Crippen molar-refractivity contribution >= 4 is 0 Å². The van der Waals surface area contributed by atoms with Crippen molar-refractivity contribution in [1.29, 1.82) is 0 Å². The number of hydrogen-bond acceptors (Lipinski definition) is 1. The summed E-state index contributed by atoms with van der Waals surface area (Å²) in [6.45, 7) is 9.23. The standard InChI is InChI=1S/C16H25N/c1-12-7-5-6-8-15(12)11-13(2)17-14(3)16(4)9-10-16/h5-8,13-14,17H,9-11H2,1-4H3. The fraction of sp³-hybridized carbons (Fsp3) is 0.625. The number of hydrogen-bond donors (Lipinski definition) is 1. The van der Waals surface area contributed by atoms with Crippen LogP contribution in [-0.4, -0.2) is 12.1 Å². The molecule has 0 heterocycles. The van der Waals surface area contributed by atoms with Crippen molar-refractivity contribution < 1.29 is 0 Å². The largest absolute Gasteiger partial charge is 0.311 e. The Hall–Kier alpha value is -0.820. The van der Waals surface area contributed by atoms with Crippen molar-refractivity contribution in [3.8, 4) is 0 Å². The van der Waals surface area contributed by atoms with Gasteiger partial charge in [0.2, 0.25) is 0 Å². The Balaban J connectivity index is 1.89. The molecule has 1 aromatic rings. The van der Waals surface area contributed by atoms with Crippen LogP contribution in [0.1, 0.15) is 44.7 Å². The van der Waals surface area contributed by atoms with Crippen LogP contribution in [0, 0.1) is 12.3 Å². The fourth-order valence-electron chi connectivity index (χ4n) is 2.49. The predicted octanol–water partition coefficient (Wildman–Crippen LogP) is 3.70. The molecule has 0 bridgehead atoms. The van der Waals surface area contributed by atoms with E-state index in [2.05, 4.69) is 57.3 Å². The van der Waals surface area contributed by atoms with Gasteiger partial charge in [0.1, 0.15) is 0 Å². The van der Waals surface area contributed by atoms with E-state index < -0.39 is 0 Å². The van der Waals surface area contributed by atoms with Gasteiger partial charge in [0.25, 0.3) is 0 Å². The highest BCUT2D eigenvalue weighted by atomic mass is 15.0. The summed E-state index contributed by atoms with van der Waals surface area (Å²) in [4.78, 5) is 0. The van der Waals surface area contributed by atoms with E-state index in [1.54, 1.807) is 0 Å². The summed E-state index contributed by atoms with van der Waals surface area (Å²) in [5, 5.41) is 3.76. The average molecular weight is 231 g/mol. The SMILES string of the molecule is Cc1ccccc1CC(C)NC(C)C1(C)CC1. The maximum atomic E-state index is 3.76. The maximum Gasteiger partial charge on any atom is 0.00951 e. The third kappa shape index (κ3) is 3.10. The second kappa shape index (κ2) is 4.81. The monoisotopic (exact) mass is 231 g/mol. The van der Waals surface area contributed by atoms with E-state index in [4.69, 9.17) is 0 Å². The first kappa shape index (κ1) is 12.6. The molecule has 1 nitrogen and oxygen atoms in total. The molecule has 0 aromatic heterocycles. The molecule has 1 N–H and O–H groups in total. The van der Waals surface area contributed by atoms with Gasteiger partial charge < -0.3 is 5.32 Å². The molecule has 0 radical (unpaired) electrons. The Bertz CT molecular complexity index is 379. The zero-order valence-corrected chi connectivity index (χ0v) is 11.6. The van der Waals surface area contributed by atoms with Crippen molar-refractivity contribution in [2.45, 2.75) is 59.0 Å². The molecule has 0 aliphatic heterocycles. The van der Waals surface area contributed by atoms with Gasteiger partial charge in [0.05, 0.1) is 0 Å². The summed E-state index contributed by atoms with van der Waals surface area (Å²) in [6.07, 6.45) is 3.91. The second-order valence-corrected chi connectivity index (χ2v) is 6.07. The van der Waals surface area contributed by atoms with Crippen molar-refractivity contribution in [2.75, 3.05) is 0 Å². The van der Waals surface area contributed by atoms with Crippen LogP contribution in [0.2, 0.25) is 0 Å². The summed E-state index contributed by atoms with van der Waals surface area (Å²) >= 11 is 0. The van der Waals surface area contributed by atoms with Crippen molar-refractivity contribution in [2.24, 2.45) is 5.41 Å². The van der Waals surface area contributed by atoms with Gasteiger partial charge in [-0.05, 0) is 56.6 Å². The molecule has 0 amide bonds. The van der Waals surface area contributed by atoms with Gasteiger partial charge in [-0.15, -0.1) is 0 Å². The van der Waals surface area contributed by atoms with Crippen molar-refractivity contribution in [1.82, 2.24) is 5.32 Å². The zero-order chi connectivity index (χ0) is 12.5. The fourth-order valence-corrected chi connectivity index (χ4v) is 2.49.